The summed E-state index contributed by atoms with van der Waals surface area (Å²) in [5.74, 6) is 0.667. The highest BCUT2D eigenvalue weighted by molar-refractivity contribution is 5.99. The van der Waals surface area contributed by atoms with Crippen molar-refractivity contribution in [2.75, 3.05) is 44.7 Å². The zero-order valence-corrected chi connectivity index (χ0v) is 17.9. The molecule has 166 valence electrons. The van der Waals surface area contributed by atoms with E-state index in [1.807, 2.05) is 59.5 Å². The van der Waals surface area contributed by atoms with Crippen molar-refractivity contribution in [3.8, 4) is 0 Å². The lowest BCUT2D eigenvalue weighted by Gasteiger charge is -2.44. The van der Waals surface area contributed by atoms with Crippen LogP contribution in [0.3, 0.4) is 0 Å². The van der Waals surface area contributed by atoms with Crippen molar-refractivity contribution in [3.63, 3.8) is 0 Å². The highest BCUT2D eigenvalue weighted by atomic mass is 16.5. The molecule has 5 rings (SSSR count). The fourth-order valence-electron chi connectivity index (χ4n) is 4.78. The van der Waals surface area contributed by atoms with Gasteiger partial charge in [-0.3, -0.25) is 15.2 Å². The molecule has 0 aliphatic carbocycles. The van der Waals surface area contributed by atoms with Gasteiger partial charge in [-0.1, -0.05) is 42.5 Å². The number of benzene rings is 2. The van der Waals surface area contributed by atoms with E-state index >= 15 is 0 Å². The number of hydrogen-bond donors (Lipinski definition) is 2. The molecule has 2 aromatic carbocycles. The summed E-state index contributed by atoms with van der Waals surface area (Å²) < 4.78 is 5.44. The number of likely N-dealkylation sites (tertiary alicyclic amines) is 1. The second kappa shape index (κ2) is 8.63. The molecule has 0 bridgehead atoms. The van der Waals surface area contributed by atoms with Crippen LogP contribution in [0.25, 0.3) is 10.9 Å². The van der Waals surface area contributed by atoms with Crippen LogP contribution < -0.4 is 5.32 Å². The highest BCUT2D eigenvalue weighted by Gasteiger charge is 2.46. The van der Waals surface area contributed by atoms with Crippen molar-refractivity contribution < 1.29 is 14.3 Å². The third-order valence-corrected chi connectivity index (χ3v) is 6.63. The number of para-hydroxylation sites is 1. The third-order valence-electron chi connectivity index (χ3n) is 6.63. The van der Waals surface area contributed by atoms with Crippen molar-refractivity contribution in [1.29, 1.82) is 0 Å². The first-order valence-corrected chi connectivity index (χ1v) is 11.1. The second-order valence-electron chi connectivity index (χ2n) is 8.39. The van der Waals surface area contributed by atoms with Crippen LogP contribution >= 0.6 is 0 Å². The number of carbonyl (C=O) groups excluding carboxylic acids is 2. The van der Waals surface area contributed by atoms with Gasteiger partial charge in [-0.15, -0.1) is 0 Å². The topological polar surface area (TPSA) is 90.6 Å². The summed E-state index contributed by atoms with van der Waals surface area (Å²) in [5, 5.41) is 11.0. The number of amides is 3. The lowest BCUT2D eigenvalue weighted by atomic mass is 9.71. The van der Waals surface area contributed by atoms with E-state index in [9.17, 15) is 9.59 Å². The Morgan fingerprint density at radius 2 is 1.59 bits per heavy atom. The SMILES string of the molecule is O=C(Nc1n[nH]c2ccccc12)N1CCC(C(=O)N2CCOCC2)(c2ccccc2)CC1. The molecule has 32 heavy (non-hydrogen) atoms. The first-order chi connectivity index (χ1) is 15.7. The first kappa shape index (κ1) is 20.5. The van der Waals surface area contributed by atoms with Gasteiger partial charge in [0, 0.05) is 31.6 Å². The molecule has 3 heterocycles. The Hall–Kier alpha value is -3.39. The monoisotopic (exact) mass is 433 g/mol. The Morgan fingerprint density at radius 1 is 0.906 bits per heavy atom. The molecule has 2 aliphatic rings. The van der Waals surface area contributed by atoms with E-state index in [0.717, 1.165) is 16.5 Å². The molecule has 0 unspecified atom stereocenters. The highest BCUT2D eigenvalue weighted by Crippen LogP contribution is 2.38. The Morgan fingerprint density at radius 3 is 2.34 bits per heavy atom. The number of hydrogen-bond acceptors (Lipinski definition) is 4. The molecule has 2 fully saturated rings. The van der Waals surface area contributed by atoms with Crippen molar-refractivity contribution in [3.05, 3.63) is 60.2 Å². The molecule has 0 radical (unpaired) electrons. The van der Waals surface area contributed by atoms with Crippen LogP contribution in [0.2, 0.25) is 0 Å². The summed E-state index contributed by atoms with van der Waals surface area (Å²) in [7, 11) is 0. The molecule has 0 spiro atoms. The quantitative estimate of drug-likeness (QED) is 0.664. The van der Waals surface area contributed by atoms with E-state index < -0.39 is 5.41 Å². The molecule has 2 aliphatic heterocycles. The molecular weight excluding hydrogens is 406 g/mol. The molecule has 1 aromatic heterocycles. The number of carbonyl (C=O) groups is 2. The van der Waals surface area contributed by atoms with E-state index in [4.69, 9.17) is 4.74 Å². The van der Waals surface area contributed by atoms with Gasteiger partial charge in [-0.05, 0) is 30.5 Å². The number of aromatic nitrogens is 2. The Bertz CT molecular complexity index is 1100. The summed E-state index contributed by atoms with van der Waals surface area (Å²) in [4.78, 5) is 30.4. The van der Waals surface area contributed by atoms with Gasteiger partial charge in [0.1, 0.15) is 0 Å². The predicted molar refractivity (Wildman–Crippen MR) is 121 cm³/mol. The number of ether oxygens (including phenoxy) is 1. The van der Waals surface area contributed by atoms with E-state index in [0.29, 0.717) is 58.1 Å². The van der Waals surface area contributed by atoms with E-state index in [-0.39, 0.29) is 11.9 Å². The molecular formula is C24H27N5O3. The van der Waals surface area contributed by atoms with Crippen molar-refractivity contribution in [1.82, 2.24) is 20.0 Å². The van der Waals surface area contributed by atoms with Crippen molar-refractivity contribution in [2.24, 2.45) is 0 Å². The van der Waals surface area contributed by atoms with Gasteiger partial charge in [-0.2, -0.15) is 5.10 Å². The Labute approximate surface area is 186 Å². The summed E-state index contributed by atoms with van der Waals surface area (Å²) in [6.07, 6.45) is 1.17. The minimum atomic E-state index is -0.617. The van der Waals surface area contributed by atoms with Crippen LogP contribution in [0.15, 0.2) is 54.6 Å². The fraction of sp³-hybridized carbons (Fsp3) is 0.375. The minimum Gasteiger partial charge on any atom is -0.378 e. The fourth-order valence-corrected chi connectivity index (χ4v) is 4.78. The number of rotatable bonds is 3. The first-order valence-electron chi connectivity index (χ1n) is 11.1. The van der Waals surface area contributed by atoms with Gasteiger partial charge in [-0.25, -0.2) is 4.79 Å². The summed E-state index contributed by atoms with van der Waals surface area (Å²) in [5.41, 5.74) is 1.28. The zero-order valence-electron chi connectivity index (χ0n) is 17.9. The van der Waals surface area contributed by atoms with Crippen LogP contribution in [0.4, 0.5) is 10.6 Å². The summed E-state index contributed by atoms with van der Waals surface area (Å²) in [6, 6.07) is 17.5. The van der Waals surface area contributed by atoms with E-state index in [2.05, 4.69) is 15.5 Å². The van der Waals surface area contributed by atoms with Gasteiger partial charge in [0.15, 0.2) is 5.82 Å². The van der Waals surface area contributed by atoms with Gasteiger partial charge < -0.3 is 14.5 Å². The van der Waals surface area contributed by atoms with Crippen molar-refractivity contribution >= 4 is 28.7 Å². The molecule has 2 N–H and O–H groups in total. The number of anilines is 1. The van der Waals surface area contributed by atoms with E-state index in [1.165, 1.54) is 0 Å². The molecule has 8 nitrogen and oxygen atoms in total. The molecule has 0 atom stereocenters. The van der Waals surface area contributed by atoms with Crippen LogP contribution in [-0.2, 0) is 14.9 Å². The minimum absolute atomic E-state index is 0.144. The lowest BCUT2D eigenvalue weighted by Crippen LogP contribution is -2.56. The average Bonchev–Trinajstić information content (AvgIpc) is 3.27. The largest absolute Gasteiger partial charge is 0.378 e. The van der Waals surface area contributed by atoms with E-state index in [1.54, 1.807) is 4.90 Å². The number of piperidine rings is 1. The third kappa shape index (κ3) is 3.71. The van der Waals surface area contributed by atoms with Gasteiger partial charge in [0.25, 0.3) is 0 Å². The normalized spacial score (nSPS) is 18.5. The smallest absolute Gasteiger partial charge is 0.323 e. The maximum atomic E-state index is 13.7. The zero-order chi connectivity index (χ0) is 22.0. The Balaban J connectivity index is 1.33. The molecule has 8 heteroatoms. The van der Waals surface area contributed by atoms with Crippen LogP contribution in [0.1, 0.15) is 18.4 Å². The molecule has 3 amide bonds. The van der Waals surface area contributed by atoms with Crippen LogP contribution in [0.5, 0.6) is 0 Å². The number of aromatic amines is 1. The van der Waals surface area contributed by atoms with Crippen LogP contribution in [-0.4, -0.2) is 71.3 Å². The second-order valence-corrected chi connectivity index (χ2v) is 8.39. The van der Waals surface area contributed by atoms with Crippen molar-refractivity contribution in [2.45, 2.75) is 18.3 Å². The number of fused-ring (bicyclic) bond motifs is 1. The molecule has 3 aromatic rings. The molecule has 0 saturated carbocycles. The maximum Gasteiger partial charge on any atom is 0.323 e. The molecule has 2 saturated heterocycles. The Kier molecular flexibility index (Phi) is 5.53. The number of urea groups is 1. The number of nitrogens with one attached hydrogen (secondary N) is 2. The summed E-state index contributed by atoms with van der Waals surface area (Å²) in [6.45, 7) is 3.37. The van der Waals surface area contributed by atoms with Gasteiger partial charge in [0.05, 0.1) is 24.1 Å². The standard InChI is InChI=1S/C24H27N5O3/c30-22(28-14-16-32-17-15-28)24(18-6-2-1-3-7-18)10-12-29(13-11-24)23(31)25-21-19-8-4-5-9-20(19)26-27-21/h1-9H,10-17H2,(H2,25,26,27,31). The number of nitrogens with zero attached hydrogens (tertiary/aromatic N) is 3. The maximum absolute atomic E-state index is 13.7. The van der Waals surface area contributed by atoms with Gasteiger partial charge >= 0.3 is 6.03 Å². The summed E-state index contributed by atoms with van der Waals surface area (Å²) >= 11 is 0. The van der Waals surface area contributed by atoms with Gasteiger partial charge in [0.2, 0.25) is 5.91 Å². The van der Waals surface area contributed by atoms with Crippen LogP contribution in [0, 0.1) is 0 Å². The number of H-pyrrole nitrogens is 1. The average molecular weight is 434 g/mol. The number of morpholine rings is 1. The predicted octanol–water partition coefficient (Wildman–Crippen LogP) is 2.99. The lowest BCUT2D eigenvalue weighted by molar-refractivity contribution is -0.143.